The molecule has 2 heterocycles. The molecule has 2 aromatic rings. The molecule has 74 valence electrons. The summed E-state index contributed by atoms with van der Waals surface area (Å²) in [5.41, 5.74) is 6.60. The number of nitrogens with one attached hydrogen (secondary N) is 1. The highest BCUT2D eigenvalue weighted by atomic mass is 32.1. The van der Waals surface area contributed by atoms with E-state index in [0.717, 1.165) is 10.6 Å². The molecule has 0 aliphatic rings. The monoisotopic (exact) mass is 208 g/mol. The van der Waals surface area contributed by atoms with Crippen molar-refractivity contribution in [1.29, 1.82) is 0 Å². The van der Waals surface area contributed by atoms with Crippen LogP contribution in [0.4, 0.5) is 5.82 Å². The number of hydrogen-bond donors (Lipinski definition) is 2. The maximum atomic E-state index is 5.71. The van der Waals surface area contributed by atoms with E-state index in [2.05, 4.69) is 29.0 Å². The number of aromatic amines is 1. The molecule has 2 aromatic heterocycles. The summed E-state index contributed by atoms with van der Waals surface area (Å²) in [6.07, 6.45) is 3.61. The van der Waals surface area contributed by atoms with Gasteiger partial charge in [0.1, 0.15) is 10.8 Å². The molecule has 5 heteroatoms. The van der Waals surface area contributed by atoms with Crippen molar-refractivity contribution in [1.82, 2.24) is 15.2 Å². The van der Waals surface area contributed by atoms with Crippen LogP contribution in [0.15, 0.2) is 12.4 Å². The predicted octanol–water partition coefficient (Wildman–Crippen LogP) is 2.24. The molecule has 14 heavy (non-hydrogen) atoms. The first kappa shape index (κ1) is 9.21. The fourth-order valence-corrected chi connectivity index (χ4v) is 2.09. The lowest BCUT2D eigenvalue weighted by Crippen LogP contribution is -1.86. The van der Waals surface area contributed by atoms with Crippen molar-refractivity contribution in [3.8, 4) is 10.6 Å². The summed E-state index contributed by atoms with van der Waals surface area (Å²) in [7, 11) is 0. The van der Waals surface area contributed by atoms with Crippen LogP contribution in [0.5, 0.6) is 0 Å². The number of H-pyrrole nitrogens is 1. The molecular formula is C9H12N4S. The molecule has 2 rings (SSSR count). The fourth-order valence-electron chi connectivity index (χ4n) is 1.14. The fraction of sp³-hybridized carbons (Fsp3) is 0.333. The smallest absolute Gasteiger partial charge is 0.129 e. The summed E-state index contributed by atoms with van der Waals surface area (Å²) in [6.45, 7) is 4.30. The van der Waals surface area contributed by atoms with Gasteiger partial charge in [-0.1, -0.05) is 13.8 Å². The summed E-state index contributed by atoms with van der Waals surface area (Å²) >= 11 is 1.66. The Morgan fingerprint density at radius 3 is 2.71 bits per heavy atom. The highest BCUT2D eigenvalue weighted by Crippen LogP contribution is 2.31. The Morgan fingerprint density at radius 1 is 1.43 bits per heavy atom. The van der Waals surface area contributed by atoms with Crippen molar-refractivity contribution >= 4 is 17.2 Å². The van der Waals surface area contributed by atoms with Gasteiger partial charge in [0.05, 0.1) is 11.8 Å². The number of thiazole rings is 1. The lowest BCUT2D eigenvalue weighted by Gasteiger charge is -1.96. The number of rotatable bonds is 2. The summed E-state index contributed by atoms with van der Waals surface area (Å²) in [5, 5.41) is 7.50. The average Bonchev–Trinajstić information content (AvgIpc) is 2.71. The van der Waals surface area contributed by atoms with E-state index in [1.807, 2.05) is 6.20 Å². The van der Waals surface area contributed by atoms with E-state index in [1.165, 1.54) is 4.88 Å². The molecule has 0 amide bonds. The van der Waals surface area contributed by atoms with Crippen LogP contribution in [0.2, 0.25) is 0 Å². The molecule has 0 aliphatic heterocycles. The van der Waals surface area contributed by atoms with Crippen LogP contribution in [0.25, 0.3) is 10.6 Å². The van der Waals surface area contributed by atoms with Crippen LogP contribution in [0.1, 0.15) is 24.6 Å². The zero-order valence-electron chi connectivity index (χ0n) is 8.11. The van der Waals surface area contributed by atoms with E-state index in [1.54, 1.807) is 17.5 Å². The maximum absolute atomic E-state index is 5.71. The first-order valence-electron chi connectivity index (χ1n) is 4.43. The number of nitrogens with zero attached hydrogens (tertiary/aromatic N) is 2. The van der Waals surface area contributed by atoms with Crippen LogP contribution in [-0.2, 0) is 0 Å². The zero-order chi connectivity index (χ0) is 10.1. The topological polar surface area (TPSA) is 67.6 Å². The van der Waals surface area contributed by atoms with Crippen LogP contribution in [0, 0.1) is 0 Å². The average molecular weight is 208 g/mol. The van der Waals surface area contributed by atoms with Gasteiger partial charge in [-0.25, -0.2) is 4.98 Å². The molecule has 0 atom stereocenters. The Bertz CT molecular complexity index is 429. The summed E-state index contributed by atoms with van der Waals surface area (Å²) in [6, 6.07) is 0. The first-order chi connectivity index (χ1) is 6.68. The molecule has 0 saturated carbocycles. The molecule has 3 N–H and O–H groups in total. The van der Waals surface area contributed by atoms with Crippen LogP contribution in [0.3, 0.4) is 0 Å². The Morgan fingerprint density at radius 2 is 2.21 bits per heavy atom. The van der Waals surface area contributed by atoms with Crippen molar-refractivity contribution in [2.45, 2.75) is 19.8 Å². The van der Waals surface area contributed by atoms with Gasteiger partial charge in [0.25, 0.3) is 0 Å². The highest BCUT2D eigenvalue weighted by molar-refractivity contribution is 7.15. The normalized spacial score (nSPS) is 11.1. The minimum Gasteiger partial charge on any atom is -0.383 e. The lowest BCUT2D eigenvalue weighted by atomic mass is 10.2. The van der Waals surface area contributed by atoms with E-state index >= 15 is 0 Å². The van der Waals surface area contributed by atoms with Crippen LogP contribution < -0.4 is 5.73 Å². The van der Waals surface area contributed by atoms with Crippen LogP contribution >= 0.6 is 11.3 Å². The molecular weight excluding hydrogens is 196 g/mol. The first-order valence-corrected chi connectivity index (χ1v) is 5.25. The van der Waals surface area contributed by atoms with Gasteiger partial charge in [0, 0.05) is 11.1 Å². The van der Waals surface area contributed by atoms with E-state index in [0.29, 0.717) is 11.7 Å². The van der Waals surface area contributed by atoms with E-state index in [4.69, 9.17) is 5.73 Å². The largest absolute Gasteiger partial charge is 0.383 e. The van der Waals surface area contributed by atoms with Gasteiger partial charge in [-0.05, 0) is 5.92 Å². The second-order valence-electron chi connectivity index (χ2n) is 3.42. The molecule has 0 bridgehead atoms. The summed E-state index contributed by atoms with van der Waals surface area (Å²) < 4.78 is 0. The molecule has 0 saturated heterocycles. The van der Waals surface area contributed by atoms with Gasteiger partial charge in [-0.15, -0.1) is 11.3 Å². The van der Waals surface area contributed by atoms with Gasteiger partial charge in [0.2, 0.25) is 0 Å². The van der Waals surface area contributed by atoms with Crippen LogP contribution in [-0.4, -0.2) is 15.2 Å². The van der Waals surface area contributed by atoms with Gasteiger partial charge in [-0.2, -0.15) is 5.10 Å². The van der Waals surface area contributed by atoms with Crippen molar-refractivity contribution in [2.24, 2.45) is 0 Å². The Hall–Kier alpha value is -1.36. The Kier molecular flexibility index (Phi) is 2.25. The number of nitrogens with two attached hydrogens (primary N) is 1. The molecule has 0 fully saturated rings. The molecule has 4 nitrogen and oxygen atoms in total. The molecule has 0 unspecified atom stereocenters. The van der Waals surface area contributed by atoms with E-state index in [9.17, 15) is 0 Å². The Labute approximate surface area is 86.2 Å². The van der Waals surface area contributed by atoms with Crippen molar-refractivity contribution in [2.75, 3.05) is 5.73 Å². The number of hydrogen-bond acceptors (Lipinski definition) is 4. The quantitative estimate of drug-likeness (QED) is 0.795. The predicted molar refractivity (Wildman–Crippen MR) is 58.2 cm³/mol. The number of nitrogen functional groups attached to an aromatic ring is 1. The maximum Gasteiger partial charge on any atom is 0.129 e. The minimum absolute atomic E-state index is 0.509. The minimum atomic E-state index is 0.509. The number of aromatic nitrogens is 3. The molecule has 0 aromatic carbocycles. The molecule has 0 radical (unpaired) electrons. The van der Waals surface area contributed by atoms with Gasteiger partial charge in [-0.3, -0.25) is 5.10 Å². The van der Waals surface area contributed by atoms with Gasteiger partial charge < -0.3 is 5.73 Å². The van der Waals surface area contributed by atoms with Gasteiger partial charge >= 0.3 is 0 Å². The summed E-state index contributed by atoms with van der Waals surface area (Å²) in [5.74, 6) is 1.09. The third-order valence-electron chi connectivity index (χ3n) is 1.99. The zero-order valence-corrected chi connectivity index (χ0v) is 8.93. The highest BCUT2D eigenvalue weighted by Gasteiger charge is 2.10. The second kappa shape index (κ2) is 3.42. The lowest BCUT2D eigenvalue weighted by molar-refractivity contribution is 0.885. The van der Waals surface area contributed by atoms with E-state index in [-0.39, 0.29) is 0 Å². The molecule has 0 aliphatic carbocycles. The van der Waals surface area contributed by atoms with Crippen molar-refractivity contribution in [3.63, 3.8) is 0 Å². The van der Waals surface area contributed by atoms with Crippen molar-refractivity contribution in [3.05, 3.63) is 17.3 Å². The van der Waals surface area contributed by atoms with Gasteiger partial charge in [0.15, 0.2) is 0 Å². The summed E-state index contributed by atoms with van der Waals surface area (Å²) in [4.78, 5) is 5.58. The van der Waals surface area contributed by atoms with E-state index < -0.39 is 0 Å². The number of anilines is 1. The Balaban J connectivity index is 2.39. The SMILES string of the molecule is CC(C)c1cnc(-c2cn[nH]c2N)s1. The second-order valence-corrected chi connectivity index (χ2v) is 4.48. The molecule has 0 spiro atoms. The third kappa shape index (κ3) is 1.50. The van der Waals surface area contributed by atoms with Crippen molar-refractivity contribution < 1.29 is 0 Å². The third-order valence-corrected chi connectivity index (χ3v) is 3.32. The standard InChI is InChI=1S/C9H12N4S/c1-5(2)7-4-11-9(14-7)6-3-12-13-8(6)10/h3-5H,1-2H3,(H3,10,12,13).